The van der Waals surface area contributed by atoms with Crippen LogP contribution < -0.4 is 10.2 Å². The molecule has 0 bridgehead atoms. The van der Waals surface area contributed by atoms with Crippen molar-refractivity contribution < 1.29 is 0 Å². The van der Waals surface area contributed by atoms with Gasteiger partial charge in [0.25, 0.3) is 0 Å². The Bertz CT molecular complexity index is 848. The molecule has 0 saturated heterocycles. The summed E-state index contributed by atoms with van der Waals surface area (Å²) in [6.07, 6.45) is 0. The third-order valence-corrected chi connectivity index (χ3v) is 4.06. The summed E-state index contributed by atoms with van der Waals surface area (Å²) in [5.41, 5.74) is 3.53. The van der Waals surface area contributed by atoms with Crippen molar-refractivity contribution in [1.82, 2.24) is 0 Å². The quantitative estimate of drug-likeness (QED) is 0.762. The van der Waals surface area contributed by atoms with E-state index in [0.717, 1.165) is 11.6 Å². The molecule has 0 atom stereocenters. The second-order valence-electron chi connectivity index (χ2n) is 5.49. The predicted molar refractivity (Wildman–Crippen MR) is 93.6 cm³/mol. The van der Waals surface area contributed by atoms with Gasteiger partial charge in [-0.15, -0.1) is 0 Å². The molecule has 3 aromatic carbocycles. The Balaban J connectivity index is 1.73. The number of hydrogen-bond donors (Lipinski definition) is 1. The number of anilines is 2. The number of guanidine groups is 1. The predicted octanol–water partition coefficient (Wildman–Crippen LogP) is 4.26. The highest BCUT2D eigenvalue weighted by Gasteiger charge is 2.20. The van der Waals surface area contributed by atoms with Crippen LogP contribution in [0.5, 0.6) is 0 Å². The van der Waals surface area contributed by atoms with E-state index in [0.29, 0.717) is 6.54 Å². The highest BCUT2D eigenvalue weighted by molar-refractivity contribution is 6.20. The molecule has 4 rings (SSSR count). The molecule has 0 aromatic heterocycles. The van der Waals surface area contributed by atoms with E-state index in [1.54, 1.807) is 0 Å². The smallest absolute Gasteiger partial charge is 0.203 e. The van der Waals surface area contributed by atoms with Crippen molar-refractivity contribution in [2.24, 2.45) is 4.99 Å². The molecular formula is C19H17N3. The maximum atomic E-state index is 4.75. The molecule has 108 valence electrons. The maximum absolute atomic E-state index is 4.75. The Labute approximate surface area is 129 Å². The molecule has 3 aromatic rings. The molecule has 1 heterocycles. The van der Waals surface area contributed by atoms with E-state index in [-0.39, 0.29) is 0 Å². The monoisotopic (exact) mass is 287 g/mol. The van der Waals surface area contributed by atoms with Crippen molar-refractivity contribution >= 4 is 28.1 Å². The van der Waals surface area contributed by atoms with Gasteiger partial charge in [-0.1, -0.05) is 54.6 Å². The zero-order valence-electron chi connectivity index (χ0n) is 12.5. The Hall–Kier alpha value is -2.81. The second kappa shape index (κ2) is 5.19. The van der Waals surface area contributed by atoms with Crippen LogP contribution in [-0.2, 0) is 6.54 Å². The molecule has 22 heavy (non-hydrogen) atoms. The molecule has 0 amide bonds. The minimum atomic E-state index is 0.672. The van der Waals surface area contributed by atoms with E-state index in [1.807, 2.05) is 18.2 Å². The third-order valence-electron chi connectivity index (χ3n) is 4.06. The Kier molecular flexibility index (Phi) is 3.04. The number of benzene rings is 3. The molecule has 0 radical (unpaired) electrons. The van der Waals surface area contributed by atoms with E-state index in [4.69, 9.17) is 4.99 Å². The van der Waals surface area contributed by atoms with E-state index < -0.39 is 0 Å². The van der Waals surface area contributed by atoms with Gasteiger partial charge < -0.3 is 10.2 Å². The van der Waals surface area contributed by atoms with Gasteiger partial charge in [0.15, 0.2) is 0 Å². The van der Waals surface area contributed by atoms with Crippen molar-refractivity contribution in [1.29, 1.82) is 0 Å². The zero-order valence-corrected chi connectivity index (χ0v) is 12.5. The topological polar surface area (TPSA) is 27.6 Å². The minimum absolute atomic E-state index is 0.672. The van der Waals surface area contributed by atoms with Crippen LogP contribution in [-0.4, -0.2) is 13.0 Å². The van der Waals surface area contributed by atoms with Crippen LogP contribution in [0.1, 0.15) is 5.56 Å². The summed E-state index contributed by atoms with van der Waals surface area (Å²) in [5, 5.41) is 5.96. The van der Waals surface area contributed by atoms with E-state index in [2.05, 4.69) is 65.8 Å². The Morgan fingerprint density at radius 1 is 0.909 bits per heavy atom. The lowest BCUT2D eigenvalue weighted by molar-refractivity contribution is 1.04. The highest BCUT2D eigenvalue weighted by atomic mass is 15.3. The molecule has 3 heteroatoms. The molecule has 1 N–H and O–H groups in total. The van der Waals surface area contributed by atoms with Crippen LogP contribution >= 0.6 is 0 Å². The van der Waals surface area contributed by atoms with Gasteiger partial charge in [-0.05, 0) is 23.1 Å². The lowest BCUT2D eigenvalue weighted by Crippen LogP contribution is -2.36. The van der Waals surface area contributed by atoms with Gasteiger partial charge in [-0.2, -0.15) is 0 Å². The van der Waals surface area contributed by atoms with Crippen LogP contribution in [0.25, 0.3) is 10.8 Å². The fraction of sp³-hybridized carbons (Fsp3) is 0.105. The highest BCUT2D eigenvalue weighted by Crippen LogP contribution is 2.36. The molecule has 0 aliphatic carbocycles. The number of nitrogens with one attached hydrogen (secondary N) is 1. The summed E-state index contributed by atoms with van der Waals surface area (Å²) in [6, 6.07) is 23.0. The first-order valence-corrected chi connectivity index (χ1v) is 7.44. The largest absolute Gasteiger partial charge is 0.325 e. The van der Waals surface area contributed by atoms with Gasteiger partial charge in [0.2, 0.25) is 5.96 Å². The lowest BCUT2D eigenvalue weighted by atomic mass is 10.0. The van der Waals surface area contributed by atoms with Crippen molar-refractivity contribution in [2.75, 3.05) is 17.3 Å². The van der Waals surface area contributed by atoms with Crippen molar-refractivity contribution in [3.05, 3.63) is 72.3 Å². The van der Waals surface area contributed by atoms with Crippen molar-refractivity contribution in [3.8, 4) is 0 Å². The second-order valence-corrected chi connectivity index (χ2v) is 5.49. The average molecular weight is 287 g/mol. The first kappa shape index (κ1) is 12.9. The van der Waals surface area contributed by atoms with Crippen LogP contribution in [0.3, 0.4) is 0 Å². The van der Waals surface area contributed by atoms with Crippen molar-refractivity contribution in [2.45, 2.75) is 6.54 Å². The van der Waals surface area contributed by atoms with Gasteiger partial charge in [0.05, 0.1) is 17.9 Å². The first-order chi connectivity index (χ1) is 10.8. The van der Waals surface area contributed by atoms with Gasteiger partial charge in [0.1, 0.15) is 0 Å². The SMILES string of the molecule is CN1C(=NCc2ccccc2)Nc2cccc3cccc1c23. The average Bonchev–Trinajstić information content (AvgIpc) is 2.58. The fourth-order valence-electron chi connectivity index (χ4n) is 2.92. The molecule has 3 nitrogen and oxygen atoms in total. The van der Waals surface area contributed by atoms with Crippen LogP contribution in [0.15, 0.2) is 71.7 Å². The third kappa shape index (κ3) is 2.11. The summed E-state index contributed by atoms with van der Waals surface area (Å²) >= 11 is 0. The lowest BCUT2D eigenvalue weighted by Gasteiger charge is -2.30. The zero-order chi connectivity index (χ0) is 14.9. The van der Waals surface area contributed by atoms with Crippen LogP contribution in [0, 0.1) is 0 Å². The number of nitrogens with zero attached hydrogens (tertiary/aromatic N) is 2. The maximum Gasteiger partial charge on any atom is 0.203 e. The Morgan fingerprint density at radius 3 is 2.50 bits per heavy atom. The summed E-state index contributed by atoms with van der Waals surface area (Å²) in [4.78, 5) is 6.88. The summed E-state index contributed by atoms with van der Waals surface area (Å²) in [7, 11) is 2.06. The number of rotatable bonds is 2. The minimum Gasteiger partial charge on any atom is -0.325 e. The van der Waals surface area contributed by atoms with E-state index >= 15 is 0 Å². The summed E-state index contributed by atoms with van der Waals surface area (Å²) < 4.78 is 0. The molecule has 0 spiro atoms. The van der Waals surface area contributed by atoms with Crippen LogP contribution in [0.2, 0.25) is 0 Å². The van der Waals surface area contributed by atoms with E-state index in [9.17, 15) is 0 Å². The number of hydrogen-bond acceptors (Lipinski definition) is 1. The van der Waals surface area contributed by atoms with Gasteiger partial charge in [-0.25, -0.2) is 4.99 Å². The molecule has 0 unspecified atom stereocenters. The standard InChI is InChI=1S/C19H17N3/c1-22-17-12-6-10-15-9-5-11-16(18(15)17)21-19(22)20-13-14-7-3-2-4-8-14/h2-12H,13H2,1H3,(H,20,21). The molecule has 0 fully saturated rings. The molecular weight excluding hydrogens is 270 g/mol. The van der Waals surface area contributed by atoms with Crippen molar-refractivity contribution in [3.63, 3.8) is 0 Å². The molecule has 0 saturated carbocycles. The van der Waals surface area contributed by atoms with E-state index in [1.165, 1.54) is 22.0 Å². The summed E-state index contributed by atoms with van der Waals surface area (Å²) in [6.45, 7) is 0.672. The van der Waals surface area contributed by atoms with Gasteiger partial charge in [0, 0.05) is 12.4 Å². The first-order valence-electron chi connectivity index (χ1n) is 7.44. The molecule has 1 aliphatic heterocycles. The molecule has 1 aliphatic rings. The van der Waals surface area contributed by atoms with Gasteiger partial charge >= 0.3 is 0 Å². The number of aliphatic imine (C=N–C) groups is 1. The normalized spacial score (nSPS) is 15.1. The van der Waals surface area contributed by atoms with Crippen LogP contribution in [0.4, 0.5) is 11.4 Å². The Morgan fingerprint density at radius 2 is 1.68 bits per heavy atom. The summed E-state index contributed by atoms with van der Waals surface area (Å²) in [5.74, 6) is 0.884. The van der Waals surface area contributed by atoms with Gasteiger partial charge in [-0.3, -0.25) is 0 Å². The fourth-order valence-corrected chi connectivity index (χ4v) is 2.92.